The largest absolute Gasteiger partial charge is 0.497 e. The van der Waals surface area contributed by atoms with Crippen molar-refractivity contribution in [2.75, 3.05) is 19.1 Å². The van der Waals surface area contributed by atoms with Gasteiger partial charge in [0.05, 0.1) is 31.7 Å². The van der Waals surface area contributed by atoms with E-state index in [1.54, 1.807) is 43.5 Å². The summed E-state index contributed by atoms with van der Waals surface area (Å²) in [6.07, 6.45) is 0. The summed E-state index contributed by atoms with van der Waals surface area (Å²) in [6, 6.07) is 14.6. The van der Waals surface area contributed by atoms with Gasteiger partial charge in [0.2, 0.25) is 11.8 Å². The number of ether oxygens (including phenoxy) is 2. The number of carbonyl (C=O) groups is 3. The van der Waals surface area contributed by atoms with Crippen molar-refractivity contribution in [1.82, 2.24) is 5.32 Å². The first-order valence-electron chi connectivity index (χ1n) is 8.97. The number of para-hydroxylation sites is 1. The fourth-order valence-electron chi connectivity index (χ4n) is 4.10. The minimum atomic E-state index is -0.882. The Labute approximate surface area is 162 Å². The van der Waals surface area contributed by atoms with Gasteiger partial charge in [-0.2, -0.15) is 0 Å². The summed E-state index contributed by atoms with van der Waals surface area (Å²) in [5.41, 5.74) is 1.31. The lowest BCUT2D eigenvalue weighted by Crippen LogP contribution is -2.43. The van der Waals surface area contributed by atoms with Crippen LogP contribution in [0.25, 0.3) is 0 Å². The zero-order chi connectivity index (χ0) is 19.8. The quantitative estimate of drug-likeness (QED) is 0.642. The van der Waals surface area contributed by atoms with Crippen LogP contribution in [0.4, 0.5) is 5.69 Å². The molecule has 2 aliphatic rings. The van der Waals surface area contributed by atoms with Crippen LogP contribution in [0.5, 0.6) is 5.75 Å². The number of amides is 2. The predicted octanol–water partition coefficient (Wildman–Crippen LogP) is 1.69. The van der Waals surface area contributed by atoms with Gasteiger partial charge in [-0.3, -0.25) is 19.7 Å². The van der Waals surface area contributed by atoms with E-state index in [9.17, 15) is 14.4 Å². The third kappa shape index (κ3) is 2.75. The zero-order valence-electron chi connectivity index (χ0n) is 15.5. The maximum Gasteiger partial charge on any atom is 0.323 e. The first-order valence-corrected chi connectivity index (χ1v) is 8.97. The summed E-state index contributed by atoms with van der Waals surface area (Å²) < 4.78 is 10.1. The third-order valence-electron chi connectivity index (χ3n) is 5.42. The molecule has 1 N–H and O–H groups in total. The molecule has 2 aromatic carbocycles. The molecule has 2 aromatic rings. The number of carbonyl (C=O) groups excluding carboxylic acids is 3. The standard InChI is InChI=1S/C21H20N2O5/c1-27-14-10-8-12(9-11-14)17-15-16(18(22-17)21(26)28-2)20(25)23(19(15)24)13-6-4-3-5-7-13/h3-11,15-18,22H,1-2H3/t15-,16+,17+,18+/m0/s1. The van der Waals surface area contributed by atoms with Gasteiger partial charge in [0.25, 0.3) is 0 Å². The van der Waals surface area contributed by atoms with Crippen LogP contribution < -0.4 is 15.0 Å². The molecule has 0 bridgehead atoms. The van der Waals surface area contributed by atoms with Crippen LogP contribution in [0.3, 0.4) is 0 Å². The Hall–Kier alpha value is -3.19. The lowest BCUT2D eigenvalue weighted by Gasteiger charge is -2.22. The van der Waals surface area contributed by atoms with Crippen molar-refractivity contribution in [3.8, 4) is 5.75 Å². The summed E-state index contributed by atoms with van der Waals surface area (Å²) in [5, 5.41) is 3.15. The number of anilines is 1. The third-order valence-corrected chi connectivity index (χ3v) is 5.42. The summed E-state index contributed by atoms with van der Waals surface area (Å²) in [5.74, 6) is -2.08. The fraction of sp³-hybridized carbons (Fsp3) is 0.286. The minimum absolute atomic E-state index is 0.319. The molecule has 2 heterocycles. The molecule has 4 rings (SSSR count). The van der Waals surface area contributed by atoms with E-state index in [0.717, 1.165) is 5.56 Å². The maximum absolute atomic E-state index is 13.2. The first-order chi connectivity index (χ1) is 13.6. The SMILES string of the molecule is COC(=O)[C@@H]1N[C@H](c2ccc(OC)cc2)[C@H]2C(=O)N(c3ccccc3)C(=O)[C@H]21. The van der Waals surface area contributed by atoms with E-state index in [2.05, 4.69) is 5.32 Å². The van der Waals surface area contributed by atoms with Crippen LogP contribution >= 0.6 is 0 Å². The lowest BCUT2D eigenvalue weighted by molar-refractivity contribution is -0.145. The number of fused-ring (bicyclic) bond motifs is 1. The number of hydrogen-bond donors (Lipinski definition) is 1. The number of nitrogens with zero attached hydrogens (tertiary/aromatic N) is 1. The normalized spacial score (nSPS) is 26.3. The second-order valence-electron chi connectivity index (χ2n) is 6.82. The number of benzene rings is 2. The average Bonchev–Trinajstić information content (AvgIpc) is 3.25. The van der Waals surface area contributed by atoms with Crippen LogP contribution in [-0.2, 0) is 19.1 Å². The number of rotatable bonds is 4. The molecular weight excluding hydrogens is 360 g/mol. The van der Waals surface area contributed by atoms with Gasteiger partial charge in [0.1, 0.15) is 11.8 Å². The van der Waals surface area contributed by atoms with Crippen molar-refractivity contribution in [3.63, 3.8) is 0 Å². The first kappa shape index (κ1) is 18.2. The van der Waals surface area contributed by atoms with Crippen LogP contribution in [-0.4, -0.2) is 38.0 Å². The van der Waals surface area contributed by atoms with Gasteiger partial charge in [0, 0.05) is 6.04 Å². The Bertz CT molecular complexity index is 912. The van der Waals surface area contributed by atoms with Gasteiger partial charge in [-0.05, 0) is 29.8 Å². The molecule has 0 spiro atoms. The predicted molar refractivity (Wildman–Crippen MR) is 101 cm³/mol. The van der Waals surface area contributed by atoms with Gasteiger partial charge in [0.15, 0.2) is 0 Å². The smallest absolute Gasteiger partial charge is 0.323 e. The summed E-state index contributed by atoms with van der Waals surface area (Å²) >= 11 is 0. The van der Waals surface area contributed by atoms with Gasteiger partial charge < -0.3 is 9.47 Å². The van der Waals surface area contributed by atoms with Crippen LogP contribution in [0.1, 0.15) is 11.6 Å². The summed E-state index contributed by atoms with van der Waals surface area (Å²) in [4.78, 5) is 39.9. The Kier molecular flexibility index (Phi) is 4.60. The highest BCUT2D eigenvalue weighted by molar-refractivity contribution is 6.23. The van der Waals surface area contributed by atoms with Gasteiger partial charge in [-0.1, -0.05) is 30.3 Å². The Balaban J connectivity index is 1.75. The highest BCUT2D eigenvalue weighted by Crippen LogP contribution is 2.45. The molecule has 0 saturated carbocycles. The highest BCUT2D eigenvalue weighted by atomic mass is 16.5. The van der Waals surface area contributed by atoms with E-state index in [4.69, 9.17) is 9.47 Å². The van der Waals surface area contributed by atoms with Crippen LogP contribution in [0, 0.1) is 11.8 Å². The molecule has 7 nitrogen and oxygen atoms in total. The maximum atomic E-state index is 13.2. The van der Waals surface area contributed by atoms with E-state index in [1.165, 1.54) is 12.0 Å². The molecule has 144 valence electrons. The average molecular weight is 380 g/mol. The van der Waals surface area contributed by atoms with Gasteiger partial charge in [-0.25, -0.2) is 4.90 Å². The van der Waals surface area contributed by atoms with E-state index in [-0.39, 0.29) is 11.8 Å². The van der Waals surface area contributed by atoms with Crippen molar-refractivity contribution in [3.05, 3.63) is 60.2 Å². The highest BCUT2D eigenvalue weighted by Gasteiger charge is 2.61. The number of nitrogens with one attached hydrogen (secondary N) is 1. The summed E-state index contributed by atoms with van der Waals surface area (Å²) in [7, 11) is 2.85. The number of imide groups is 1. The molecule has 0 aromatic heterocycles. The molecular formula is C21H20N2O5. The Morgan fingerprint density at radius 3 is 2.18 bits per heavy atom. The molecule has 0 aliphatic carbocycles. The van der Waals surface area contributed by atoms with Gasteiger partial charge >= 0.3 is 5.97 Å². The van der Waals surface area contributed by atoms with Crippen molar-refractivity contribution in [2.45, 2.75) is 12.1 Å². The van der Waals surface area contributed by atoms with Crippen molar-refractivity contribution in [1.29, 1.82) is 0 Å². The van der Waals surface area contributed by atoms with E-state index in [0.29, 0.717) is 11.4 Å². The summed E-state index contributed by atoms with van der Waals surface area (Å²) in [6.45, 7) is 0. The van der Waals surface area contributed by atoms with Gasteiger partial charge in [-0.15, -0.1) is 0 Å². The molecule has 2 aliphatic heterocycles. The molecule has 4 atom stereocenters. The monoisotopic (exact) mass is 380 g/mol. The molecule has 0 unspecified atom stereocenters. The van der Waals surface area contributed by atoms with Crippen molar-refractivity contribution >= 4 is 23.5 Å². The van der Waals surface area contributed by atoms with E-state index >= 15 is 0 Å². The van der Waals surface area contributed by atoms with Crippen LogP contribution in [0.2, 0.25) is 0 Å². The molecule has 2 fully saturated rings. The topological polar surface area (TPSA) is 84.9 Å². The molecule has 28 heavy (non-hydrogen) atoms. The van der Waals surface area contributed by atoms with Crippen molar-refractivity contribution < 1.29 is 23.9 Å². The molecule has 2 saturated heterocycles. The van der Waals surface area contributed by atoms with Crippen LogP contribution in [0.15, 0.2) is 54.6 Å². The molecule has 7 heteroatoms. The minimum Gasteiger partial charge on any atom is -0.497 e. The lowest BCUT2D eigenvalue weighted by atomic mass is 9.86. The Morgan fingerprint density at radius 1 is 0.929 bits per heavy atom. The number of methoxy groups -OCH3 is 2. The van der Waals surface area contributed by atoms with Crippen molar-refractivity contribution in [2.24, 2.45) is 11.8 Å². The molecule has 0 radical (unpaired) electrons. The van der Waals surface area contributed by atoms with E-state index < -0.39 is 29.9 Å². The number of hydrogen-bond acceptors (Lipinski definition) is 6. The molecule has 2 amide bonds. The van der Waals surface area contributed by atoms with E-state index in [1.807, 2.05) is 18.2 Å². The second kappa shape index (κ2) is 7.09. The zero-order valence-corrected chi connectivity index (χ0v) is 15.5. The second-order valence-corrected chi connectivity index (χ2v) is 6.82. The Morgan fingerprint density at radius 2 is 1.57 bits per heavy atom. The number of esters is 1. The fourth-order valence-corrected chi connectivity index (χ4v) is 4.10.